The average molecular weight is 282 g/mol. The number of hydrogen-bond donors (Lipinski definition) is 1. The van der Waals surface area contributed by atoms with E-state index in [-0.39, 0.29) is 5.43 Å². The zero-order valence-corrected chi connectivity index (χ0v) is 12.2. The Morgan fingerprint density at radius 2 is 2.14 bits per heavy atom. The van der Waals surface area contributed by atoms with Gasteiger partial charge in [0.25, 0.3) is 0 Å². The van der Waals surface area contributed by atoms with E-state index in [2.05, 4.69) is 11.7 Å². The minimum Gasteiger partial charge on any atom is -0.399 e. The molecule has 21 heavy (non-hydrogen) atoms. The summed E-state index contributed by atoms with van der Waals surface area (Å²) in [5.74, 6) is 0. The van der Waals surface area contributed by atoms with E-state index in [9.17, 15) is 4.79 Å². The lowest BCUT2D eigenvalue weighted by Crippen LogP contribution is -2.15. The van der Waals surface area contributed by atoms with Crippen molar-refractivity contribution >= 4 is 11.3 Å². The van der Waals surface area contributed by atoms with E-state index < -0.39 is 0 Å². The fourth-order valence-corrected chi connectivity index (χ4v) is 1.76. The summed E-state index contributed by atoms with van der Waals surface area (Å²) in [4.78, 5) is 13.8. The van der Waals surface area contributed by atoms with Crippen molar-refractivity contribution in [2.24, 2.45) is 0 Å². The molecule has 2 N–H and O–H groups in total. The van der Waals surface area contributed by atoms with Crippen LogP contribution in [-0.4, -0.2) is 28.8 Å². The minimum atomic E-state index is -0.163. The van der Waals surface area contributed by atoms with E-state index in [1.54, 1.807) is 29.1 Å². The van der Waals surface area contributed by atoms with Gasteiger partial charge in [-0.1, -0.05) is 12.6 Å². The molecule has 0 saturated carbocycles. The number of benzene rings is 1. The molecule has 0 amide bonds. The highest BCUT2D eigenvalue weighted by Gasteiger charge is 2.06. The second kappa shape index (κ2) is 6.09. The third-order valence-electron chi connectivity index (χ3n) is 2.82. The predicted molar refractivity (Wildman–Crippen MR) is 86.1 cm³/mol. The largest absolute Gasteiger partial charge is 0.399 e. The first kappa shape index (κ1) is 14.6. The monoisotopic (exact) mass is 282 g/mol. The molecular formula is C16H18N4O. The van der Waals surface area contributed by atoms with Gasteiger partial charge in [0.15, 0.2) is 0 Å². The molecule has 2 rings (SSSR count). The first-order valence-electron chi connectivity index (χ1n) is 6.47. The third kappa shape index (κ3) is 3.60. The highest BCUT2D eigenvalue weighted by Crippen LogP contribution is 2.12. The van der Waals surface area contributed by atoms with Crippen molar-refractivity contribution in [3.8, 4) is 5.69 Å². The predicted octanol–water partition coefficient (Wildman–Crippen LogP) is 1.90. The standard InChI is InChI=1S/C16H18N4O/c1-12(7-9-19(2)3)16-15(21)8-10-20(18-16)14-6-4-5-13(17)11-14/h4-11H,1,17H2,2-3H3/b9-7+. The molecule has 5 nitrogen and oxygen atoms in total. The van der Waals surface area contributed by atoms with E-state index in [4.69, 9.17) is 5.73 Å². The molecule has 5 heteroatoms. The third-order valence-corrected chi connectivity index (χ3v) is 2.82. The molecule has 0 bridgehead atoms. The molecule has 0 aliphatic carbocycles. The van der Waals surface area contributed by atoms with Crippen molar-refractivity contribution in [1.29, 1.82) is 0 Å². The van der Waals surface area contributed by atoms with Crippen molar-refractivity contribution in [2.45, 2.75) is 0 Å². The molecule has 0 saturated heterocycles. The second-order valence-electron chi connectivity index (χ2n) is 4.87. The highest BCUT2D eigenvalue weighted by atomic mass is 16.1. The maximum Gasteiger partial charge on any atom is 0.208 e. The zero-order valence-electron chi connectivity index (χ0n) is 12.2. The lowest BCUT2D eigenvalue weighted by Gasteiger charge is -2.09. The number of allylic oxidation sites excluding steroid dienone is 2. The molecule has 1 aromatic heterocycles. The molecule has 0 fully saturated rings. The average Bonchev–Trinajstić information content (AvgIpc) is 2.45. The number of nitrogen functional groups attached to an aromatic ring is 1. The Hall–Kier alpha value is -2.82. The first-order chi connectivity index (χ1) is 9.97. The van der Waals surface area contributed by atoms with Gasteiger partial charge in [-0.2, -0.15) is 5.10 Å². The van der Waals surface area contributed by atoms with Crippen molar-refractivity contribution in [1.82, 2.24) is 14.7 Å². The quantitative estimate of drug-likeness (QED) is 0.687. The lowest BCUT2D eigenvalue weighted by molar-refractivity contribution is 0.564. The number of rotatable bonds is 4. The first-order valence-corrected chi connectivity index (χ1v) is 6.47. The van der Waals surface area contributed by atoms with Gasteiger partial charge in [0.1, 0.15) is 5.69 Å². The van der Waals surface area contributed by atoms with E-state index in [1.165, 1.54) is 6.07 Å². The lowest BCUT2D eigenvalue weighted by atomic mass is 10.2. The van der Waals surface area contributed by atoms with E-state index in [0.29, 0.717) is 17.0 Å². The van der Waals surface area contributed by atoms with Crippen LogP contribution in [0, 0.1) is 0 Å². The van der Waals surface area contributed by atoms with Crippen LogP contribution in [0.4, 0.5) is 5.69 Å². The van der Waals surface area contributed by atoms with Crippen LogP contribution >= 0.6 is 0 Å². The summed E-state index contributed by atoms with van der Waals surface area (Å²) in [5.41, 5.74) is 7.92. The molecule has 0 radical (unpaired) electrons. The van der Waals surface area contributed by atoms with Crippen LogP contribution in [0.5, 0.6) is 0 Å². The smallest absolute Gasteiger partial charge is 0.208 e. The Labute approximate surface area is 123 Å². The van der Waals surface area contributed by atoms with Gasteiger partial charge in [-0.05, 0) is 30.5 Å². The van der Waals surface area contributed by atoms with Crippen LogP contribution in [0.2, 0.25) is 0 Å². The molecule has 1 heterocycles. The Kier molecular flexibility index (Phi) is 4.23. The number of hydrogen-bond acceptors (Lipinski definition) is 4. The number of anilines is 1. The summed E-state index contributed by atoms with van der Waals surface area (Å²) in [6.07, 6.45) is 5.19. The van der Waals surface area contributed by atoms with Gasteiger partial charge in [0, 0.05) is 37.6 Å². The van der Waals surface area contributed by atoms with Crippen LogP contribution in [0.1, 0.15) is 5.69 Å². The second-order valence-corrected chi connectivity index (χ2v) is 4.87. The summed E-state index contributed by atoms with van der Waals surface area (Å²) >= 11 is 0. The number of nitrogens with zero attached hydrogens (tertiary/aromatic N) is 3. The van der Waals surface area contributed by atoms with Gasteiger partial charge in [-0.25, -0.2) is 4.68 Å². The molecule has 0 aliphatic rings. The summed E-state index contributed by atoms with van der Waals surface area (Å²) < 4.78 is 1.61. The normalized spacial score (nSPS) is 10.8. The van der Waals surface area contributed by atoms with Crippen LogP contribution in [0.15, 0.2) is 60.2 Å². The Balaban J connectivity index is 2.42. The fraction of sp³-hybridized carbons (Fsp3) is 0.125. The summed E-state index contributed by atoms with van der Waals surface area (Å²) in [6, 6.07) is 8.77. The summed E-state index contributed by atoms with van der Waals surface area (Å²) in [7, 11) is 3.79. The molecule has 108 valence electrons. The van der Waals surface area contributed by atoms with Crippen LogP contribution < -0.4 is 11.2 Å². The van der Waals surface area contributed by atoms with Crippen LogP contribution in [0.25, 0.3) is 11.3 Å². The van der Waals surface area contributed by atoms with Crippen molar-refractivity contribution in [3.05, 3.63) is 71.3 Å². The molecule has 0 unspecified atom stereocenters. The van der Waals surface area contributed by atoms with Crippen molar-refractivity contribution in [2.75, 3.05) is 19.8 Å². The Bertz CT molecular complexity index is 744. The summed E-state index contributed by atoms with van der Waals surface area (Å²) in [6.45, 7) is 3.90. The van der Waals surface area contributed by atoms with Gasteiger partial charge >= 0.3 is 0 Å². The van der Waals surface area contributed by atoms with Gasteiger partial charge in [0.2, 0.25) is 5.43 Å². The molecular weight excluding hydrogens is 264 g/mol. The van der Waals surface area contributed by atoms with Gasteiger partial charge < -0.3 is 10.6 Å². The summed E-state index contributed by atoms with van der Waals surface area (Å²) in [5, 5.41) is 4.34. The minimum absolute atomic E-state index is 0.163. The molecule has 0 spiro atoms. The van der Waals surface area contributed by atoms with E-state index >= 15 is 0 Å². The zero-order chi connectivity index (χ0) is 15.4. The number of nitrogens with two attached hydrogens (primary N) is 1. The molecule has 2 aromatic rings. The number of aromatic nitrogens is 2. The van der Waals surface area contributed by atoms with Gasteiger partial charge in [0.05, 0.1) is 5.69 Å². The van der Waals surface area contributed by atoms with Gasteiger partial charge in [-0.15, -0.1) is 0 Å². The van der Waals surface area contributed by atoms with Crippen LogP contribution in [0.3, 0.4) is 0 Å². The molecule has 1 aromatic carbocycles. The molecule has 0 aliphatic heterocycles. The topological polar surface area (TPSA) is 64.2 Å². The van der Waals surface area contributed by atoms with E-state index in [0.717, 1.165) is 5.69 Å². The molecule has 0 atom stereocenters. The van der Waals surface area contributed by atoms with Crippen molar-refractivity contribution in [3.63, 3.8) is 0 Å². The van der Waals surface area contributed by atoms with Crippen LogP contribution in [-0.2, 0) is 0 Å². The maximum absolute atomic E-state index is 11.9. The SMILES string of the molecule is C=C(/C=C/N(C)C)c1nn(-c2cccc(N)c2)ccc1=O. The van der Waals surface area contributed by atoms with E-state index in [1.807, 2.05) is 37.3 Å². The van der Waals surface area contributed by atoms with Gasteiger partial charge in [-0.3, -0.25) is 4.79 Å². The Morgan fingerprint density at radius 1 is 1.38 bits per heavy atom. The van der Waals surface area contributed by atoms with Crippen molar-refractivity contribution < 1.29 is 0 Å². The highest BCUT2D eigenvalue weighted by molar-refractivity contribution is 5.68. The maximum atomic E-state index is 11.9. The Morgan fingerprint density at radius 3 is 2.81 bits per heavy atom. The fourth-order valence-electron chi connectivity index (χ4n) is 1.76.